The van der Waals surface area contributed by atoms with Crippen molar-refractivity contribution in [1.29, 1.82) is 0 Å². The first kappa shape index (κ1) is 20.5. The van der Waals surface area contributed by atoms with Crippen molar-refractivity contribution in [2.24, 2.45) is 0 Å². The van der Waals surface area contributed by atoms with E-state index in [0.29, 0.717) is 5.75 Å². The lowest BCUT2D eigenvalue weighted by Crippen LogP contribution is -2.25. The van der Waals surface area contributed by atoms with Crippen LogP contribution in [0.4, 0.5) is 5.69 Å². The molecule has 0 spiro atoms. The molecule has 0 N–H and O–H groups in total. The van der Waals surface area contributed by atoms with Gasteiger partial charge in [-0.15, -0.1) is 0 Å². The Bertz CT molecular complexity index is 977. The van der Waals surface area contributed by atoms with Crippen LogP contribution in [0.2, 0.25) is 0 Å². The van der Waals surface area contributed by atoms with E-state index in [1.807, 2.05) is 30.1 Å². The lowest BCUT2D eigenvalue weighted by molar-refractivity contribution is -0.117. The number of benzene rings is 2. The summed E-state index contributed by atoms with van der Waals surface area (Å²) in [5.41, 5.74) is 2.96. The highest BCUT2D eigenvalue weighted by atomic mass is 16.5. The molecule has 1 aliphatic rings. The van der Waals surface area contributed by atoms with Gasteiger partial charge in [-0.3, -0.25) is 4.79 Å². The quantitative estimate of drug-likeness (QED) is 0.548. The zero-order chi connectivity index (χ0) is 21.2. The van der Waals surface area contributed by atoms with Gasteiger partial charge in [-0.25, -0.2) is 4.79 Å². The molecule has 1 heterocycles. The summed E-state index contributed by atoms with van der Waals surface area (Å²) >= 11 is 0. The molecule has 0 bridgehead atoms. The molecule has 3 rings (SSSR count). The largest absolute Gasteiger partial charge is 0.493 e. The van der Waals surface area contributed by atoms with Gasteiger partial charge >= 0.3 is 5.97 Å². The maximum absolute atomic E-state index is 12.6. The van der Waals surface area contributed by atoms with Crippen molar-refractivity contribution in [2.75, 3.05) is 32.8 Å². The molecule has 152 valence electrons. The lowest BCUT2D eigenvalue weighted by atomic mass is 9.83. The fourth-order valence-electron chi connectivity index (χ4n) is 3.72. The number of fused-ring (bicyclic) bond motifs is 1. The van der Waals surface area contributed by atoms with Crippen LogP contribution in [0.1, 0.15) is 29.8 Å². The fraction of sp³-hybridized carbons (Fsp3) is 0.304. The minimum atomic E-state index is -0.644. The number of esters is 1. The van der Waals surface area contributed by atoms with Gasteiger partial charge in [0.1, 0.15) is 5.56 Å². The zero-order valence-electron chi connectivity index (χ0n) is 17.3. The van der Waals surface area contributed by atoms with Gasteiger partial charge in [0.05, 0.1) is 14.2 Å². The molecule has 0 amide bonds. The van der Waals surface area contributed by atoms with Crippen LogP contribution >= 0.6 is 0 Å². The summed E-state index contributed by atoms with van der Waals surface area (Å²) < 4.78 is 15.7. The van der Waals surface area contributed by atoms with Gasteiger partial charge in [0, 0.05) is 29.9 Å². The predicted octanol–water partition coefficient (Wildman–Crippen LogP) is 3.74. The van der Waals surface area contributed by atoms with Gasteiger partial charge in [-0.2, -0.15) is 0 Å². The van der Waals surface area contributed by atoms with E-state index in [4.69, 9.17) is 14.2 Å². The van der Waals surface area contributed by atoms with Crippen LogP contribution in [0.3, 0.4) is 0 Å². The molecular formula is C23H25NO5. The number of rotatable bonds is 6. The first-order valence-corrected chi connectivity index (χ1v) is 9.27. The normalized spacial score (nSPS) is 15.8. The summed E-state index contributed by atoms with van der Waals surface area (Å²) in [6.07, 6.45) is 1.55. The van der Waals surface area contributed by atoms with E-state index >= 15 is 0 Å². The number of carbonyl (C=O) groups is 2. The Balaban J connectivity index is 1.75. The average Bonchev–Trinajstić information content (AvgIpc) is 2.92. The summed E-state index contributed by atoms with van der Waals surface area (Å²) in [5.74, 6) is -0.238. The summed E-state index contributed by atoms with van der Waals surface area (Å²) in [5, 5.41) is 0. The Kier molecular flexibility index (Phi) is 5.64. The summed E-state index contributed by atoms with van der Waals surface area (Å²) in [6, 6.07) is 13.0. The monoisotopic (exact) mass is 395 g/mol. The summed E-state index contributed by atoms with van der Waals surface area (Å²) in [4.78, 5) is 27.0. The van der Waals surface area contributed by atoms with Crippen LogP contribution < -0.4 is 14.4 Å². The van der Waals surface area contributed by atoms with Crippen LogP contribution in [0.25, 0.3) is 0 Å². The Morgan fingerprint density at radius 3 is 2.41 bits per heavy atom. The van der Waals surface area contributed by atoms with Crippen molar-refractivity contribution in [2.45, 2.75) is 19.3 Å². The molecule has 29 heavy (non-hydrogen) atoms. The van der Waals surface area contributed by atoms with Crippen LogP contribution in [0, 0.1) is 0 Å². The van der Waals surface area contributed by atoms with Crippen LogP contribution in [0.5, 0.6) is 11.5 Å². The van der Waals surface area contributed by atoms with Crippen LogP contribution in [-0.4, -0.2) is 39.6 Å². The molecule has 0 aliphatic carbocycles. The van der Waals surface area contributed by atoms with Gasteiger partial charge in [0.25, 0.3) is 0 Å². The second kappa shape index (κ2) is 7.99. The van der Waals surface area contributed by atoms with E-state index in [0.717, 1.165) is 16.9 Å². The maximum Gasteiger partial charge on any atom is 0.342 e. The van der Waals surface area contributed by atoms with E-state index in [2.05, 4.69) is 19.9 Å². The molecule has 0 saturated carbocycles. The molecule has 0 unspecified atom stereocenters. The van der Waals surface area contributed by atoms with E-state index in [9.17, 15) is 9.59 Å². The van der Waals surface area contributed by atoms with E-state index in [1.54, 1.807) is 24.3 Å². The molecular weight excluding hydrogens is 370 g/mol. The van der Waals surface area contributed by atoms with Crippen molar-refractivity contribution >= 4 is 17.4 Å². The number of methoxy groups -OCH3 is 2. The summed E-state index contributed by atoms with van der Waals surface area (Å²) in [7, 11) is 4.86. The molecule has 0 radical (unpaired) electrons. The zero-order valence-corrected chi connectivity index (χ0v) is 17.3. The third-order valence-electron chi connectivity index (χ3n) is 5.21. The minimum absolute atomic E-state index is 0.207. The Hall–Kier alpha value is -3.28. The third-order valence-corrected chi connectivity index (χ3v) is 5.21. The number of allylic oxidation sites excluding steroid dienone is 1. The number of ether oxygens (including phenoxy) is 3. The van der Waals surface area contributed by atoms with Crippen molar-refractivity contribution in [1.82, 2.24) is 0 Å². The Morgan fingerprint density at radius 2 is 1.76 bits per heavy atom. The predicted molar refractivity (Wildman–Crippen MR) is 111 cm³/mol. The average molecular weight is 395 g/mol. The standard InChI is InChI=1S/C23H25NO5/c1-23(2)17-10-6-7-11-18(17)24(3)20(23)13-15(25)14-29-22(26)16-9-8-12-19(27-4)21(16)28-5/h6-13H,14H2,1-5H3/b20-13-. The molecule has 0 fully saturated rings. The molecule has 1 aliphatic heterocycles. The van der Waals surface area contributed by atoms with Crippen molar-refractivity contribution in [3.05, 3.63) is 65.4 Å². The van der Waals surface area contributed by atoms with Crippen molar-refractivity contribution in [3.8, 4) is 11.5 Å². The number of hydrogen-bond donors (Lipinski definition) is 0. The van der Waals surface area contributed by atoms with Crippen molar-refractivity contribution in [3.63, 3.8) is 0 Å². The van der Waals surface area contributed by atoms with Gasteiger partial charge in [0.15, 0.2) is 23.9 Å². The second-order valence-electron chi connectivity index (χ2n) is 7.31. The smallest absolute Gasteiger partial charge is 0.342 e. The number of carbonyl (C=O) groups excluding carboxylic acids is 2. The number of hydrogen-bond acceptors (Lipinski definition) is 6. The highest BCUT2D eigenvalue weighted by Crippen LogP contribution is 2.46. The molecule has 0 saturated heterocycles. The van der Waals surface area contributed by atoms with Gasteiger partial charge in [0.2, 0.25) is 0 Å². The maximum atomic E-state index is 12.6. The SMILES string of the molecule is COc1cccc(C(=O)OCC(=O)/C=C2\N(C)c3ccccc3C2(C)C)c1OC. The van der Waals surface area contributed by atoms with E-state index < -0.39 is 5.97 Å². The van der Waals surface area contributed by atoms with E-state index in [1.165, 1.54) is 14.2 Å². The highest BCUT2D eigenvalue weighted by Gasteiger charge is 2.38. The number of para-hydroxylation sites is 2. The minimum Gasteiger partial charge on any atom is -0.493 e. The Labute approximate surface area is 170 Å². The molecule has 6 nitrogen and oxygen atoms in total. The molecule has 0 aromatic heterocycles. The van der Waals surface area contributed by atoms with Crippen molar-refractivity contribution < 1.29 is 23.8 Å². The first-order valence-electron chi connectivity index (χ1n) is 9.27. The topological polar surface area (TPSA) is 65.1 Å². The Morgan fingerprint density at radius 1 is 1.03 bits per heavy atom. The number of anilines is 1. The molecule has 2 aromatic carbocycles. The number of likely N-dealkylation sites (N-methyl/N-ethyl adjacent to an activating group) is 1. The highest BCUT2D eigenvalue weighted by molar-refractivity contribution is 5.98. The van der Waals surface area contributed by atoms with Gasteiger partial charge in [-0.05, 0) is 23.8 Å². The third kappa shape index (κ3) is 3.70. The molecule has 2 aromatic rings. The summed E-state index contributed by atoms with van der Waals surface area (Å²) in [6.45, 7) is 3.78. The molecule has 6 heteroatoms. The number of ketones is 1. The van der Waals surface area contributed by atoms with E-state index in [-0.39, 0.29) is 29.1 Å². The second-order valence-corrected chi connectivity index (χ2v) is 7.31. The number of nitrogens with zero attached hydrogens (tertiary/aromatic N) is 1. The molecule has 0 atom stereocenters. The van der Waals surface area contributed by atoms with Crippen LogP contribution in [-0.2, 0) is 14.9 Å². The van der Waals surface area contributed by atoms with Crippen LogP contribution in [0.15, 0.2) is 54.2 Å². The van der Waals surface area contributed by atoms with Gasteiger partial charge < -0.3 is 19.1 Å². The van der Waals surface area contributed by atoms with Gasteiger partial charge in [-0.1, -0.05) is 38.1 Å². The first-order chi connectivity index (χ1) is 13.8. The fourth-order valence-corrected chi connectivity index (χ4v) is 3.72. The lowest BCUT2D eigenvalue weighted by Gasteiger charge is -2.23.